The van der Waals surface area contributed by atoms with Crippen molar-refractivity contribution in [3.8, 4) is 5.75 Å². The predicted octanol–water partition coefficient (Wildman–Crippen LogP) is 1.33. The van der Waals surface area contributed by atoms with Gasteiger partial charge >= 0.3 is 5.63 Å². The van der Waals surface area contributed by atoms with Crippen molar-refractivity contribution < 1.29 is 14.4 Å². The lowest BCUT2D eigenvalue weighted by Crippen LogP contribution is -2.18. The molecule has 0 radical (unpaired) electrons. The fourth-order valence-corrected chi connectivity index (χ4v) is 1.11. The smallest absolute Gasteiger partial charge is 0.349 e. The van der Waals surface area contributed by atoms with E-state index in [0.717, 1.165) is 0 Å². The Morgan fingerprint density at radius 1 is 1.75 bits per heavy atom. The van der Waals surface area contributed by atoms with Gasteiger partial charge in [0.05, 0.1) is 12.3 Å². The molecule has 5 nitrogen and oxygen atoms in total. The van der Waals surface area contributed by atoms with E-state index in [1.165, 1.54) is 12.1 Å². The van der Waals surface area contributed by atoms with Crippen LogP contribution in [-0.2, 0) is 4.84 Å². The molecule has 86 valence electrons. The highest BCUT2D eigenvalue weighted by atomic mass is 16.6. The molecule has 0 aromatic carbocycles. The van der Waals surface area contributed by atoms with Crippen molar-refractivity contribution in [3.05, 3.63) is 47.0 Å². The monoisotopic (exact) mass is 223 g/mol. The number of hydrogen-bond donors (Lipinski definition) is 2. The van der Waals surface area contributed by atoms with Gasteiger partial charge in [-0.15, -0.1) is 6.58 Å². The van der Waals surface area contributed by atoms with Crippen LogP contribution in [0.15, 0.2) is 34.5 Å². The predicted molar refractivity (Wildman–Crippen MR) is 59.7 cm³/mol. The second-order valence-corrected chi connectivity index (χ2v) is 3.09. The summed E-state index contributed by atoms with van der Waals surface area (Å²) in [5, 5.41) is 9.56. The second-order valence-electron chi connectivity index (χ2n) is 3.09. The van der Waals surface area contributed by atoms with Crippen LogP contribution in [0.2, 0.25) is 0 Å². The minimum atomic E-state index is -0.669. The molecule has 0 saturated heterocycles. The lowest BCUT2D eigenvalue weighted by Gasteiger charge is -2.08. The summed E-state index contributed by atoms with van der Waals surface area (Å²) in [6, 6.07) is 1.33. The lowest BCUT2D eigenvalue weighted by atomic mass is 10.2. The summed E-state index contributed by atoms with van der Waals surface area (Å²) in [5.74, 6) is 0.125. The maximum atomic E-state index is 11.4. The first-order chi connectivity index (χ1) is 7.56. The first-order valence-electron chi connectivity index (χ1n) is 4.58. The number of hydrogen-bond acceptors (Lipinski definition) is 5. The van der Waals surface area contributed by atoms with Crippen molar-refractivity contribution in [2.24, 2.45) is 0 Å². The van der Waals surface area contributed by atoms with Gasteiger partial charge in [-0.05, 0) is 6.92 Å². The van der Waals surface area contributed by atoms with Crippen LogP contribution in [0.4, 0.5) is 0 Å². The lowest BCUT2D eigenvalue weighted by molar-refractivity contribution is 0.103. The van der Waals surface area contributed by atoms with E-state index in [9.17, 15) is 9.90 Å². The molecule has 0 spiro atoms. The Kier molecular flexibility index (Phi) is 3.90. The van der Waals surface area contributed by atoms with E-state index in [1.54, 1.807) is 6.92 Å². The third kappa shape index (κ3) is 2.74. The molecule has 5 heteroatoms. The molecule has 0 fully saturated rings. The summed E-state index contributed by atoms with van der Waals surface area (Å²) in [5.41, 5.74) is 1.83. The van der Waals surface area contributed by atoms with Crippen LogP contribution in [0.25, 0.3) is 5.70 Å². The van der Waals surface area contributed by atoms with Crippen molar-refractivity contribution in [1.82, 2.24) is 5.48 Å². The fraction of sp³-hybridized carbons (Fsp3) is 0.182. The minimum Gasteiger partial charge on any atom is -0.507 e. The maximum Gasteiger partial charge on any atom is 0.349 e. The molecule has 1 aromatic heterocycles. The number of nitrogens with one attached hydrogen (secondary N) is 1. The van der Waals surface area contributed by atoms with Crippen LogP contribution in [0.5, 0.6) is 5.75 Å². The van der Waals surface area contributed by atoms with Crippen LogP contribution in [0, 0.1) is 6.92 Å². The molecule has 0 aliphatic carbocycles. The molecule has 0 unspecified atom stereocenters. The Bertz CT molecular complexity index is 462. The number of rotatable bonds is 5. The molecular weight excluding hydrogens is 210 g/mol. The molecule has 16 heavy (non-hydrogen) atoms. The summed E-state index contributed by atoms with van der Waals surface area (Å²) in [4.78, 5) is 16.3. The number of aromatic hydroxyl groups is 1. The van der Waals surface area contributed by atoms with Crippen molar-refractivity contribution in [2.75, 3.05) is 6.61 Å². The summed E-state index contributed by atoms with van der Waals surface area (Å²) in [7, 11) is 0. The second kappa shape index (κ2) is 5.18. The van der Waals surface area contributed by atoms with Gasteiger partial charge in [-0.25, -0.2) is 4.79 Å². The summed E-state index contributed by atoms with van der Waals surface area (Å²) < 4.78 is 4.82. The Balaban J connectivity index is 2.91. The average molecular weight is 223 g/mol. The molecule has 1 aromatic rings. The third-order valence-corrected chi connectivity index (χ3v) is 1.75. The van der Waals surface area contributed by atoms with E-state index in [1.807, 2.05) is 0 Å². The van der Waals surface area contributed by atoms with Gasteiger partial charge in [-0.3, -0.25) is 10.3 Å². The zero-order valence-corrected chi connectivity index (χ0v) is 8.95. The van der Waals surface area contributed by atoms with Gasteiger partial charge in [0.2, 0.25) is 0 Å². The molecule has 1 rings (SSSR count). The highest BCUT2D eigenvalue weighted by Crippen LogP contribution is 2.19. The molecule has 0 bridgehead atoms. The van der Waals surface area contributed by atoms with E-state index in [2.05, 4.69) is 18.6 Å². The highest BCUT2D eigenvalue weighted by molar-refractivity contribution is 5.65. The van der Waals surface area contributed by atoms with Gasteiger partial charge in [-0.2, -0.15) is 0 Å². The highest BCUT2D eigenvalue weighted by Gasteiger charge is 2.12. The molecule has 0 atom stereocenters. The molecular formula is C11H13NO4. The number of aryl methyl sites for hydroxylation is 1. The molecule has 1 heterocycles. The van der Waals surface area contributed by atoms with Crippen molar-refractivity contribution in [3.63, 3.8) is 0 Å². The summed E-state index contributed by atoms with van der Waals surface area (Å²) in [6.45, 7) is 8.82. The van der Waals surface area contributed by atoms with E-state index in [0.29, 0.717) is 5.76 Å². The first-order valence-corrected chi connectivity index (χ1v) is 4.58. The Morgan fingerprint density at radius 2 is 2.44 bits per heavy atom. The van der Waals surface area contributed by atoms with Gasteiger partial charge in [0.25, 0.3) is 0 Å². The number of hydroxylamine groups is 1. The Labute approximate surface area is 92.6 Å². The summed E-state index contributed by atoms with van der Waals surface area (Å²) >= 11 is 0. The van der Waals surface area contributed by atoms with Gasteiger partial charge in [0.15, 0.2) is 0 Å². The standard InChI is InChI=1S/C11H13NO4/c1-4-5-15-12-8(3)10-9(13)6-7(2)16-11(10)14/h4,6,12-13H,1,3,5H2,2H3. The van der Waals surface area contributed by atoms with Crippen molar-refractivity contribution in [2.45, 2.75) is 6.92 Å². The summed E-state index contributed by atoms with van der Waals surface area (Å²) in [6.07, 6.45) is 1.53. The Hall–Kier alpha value is -2.01. The molecule has 2 N–H and O–H groups in total. The van der Waals surface area contributed by atoms with E-state index < -0.39 is 5.63 Å². The topological polar surface area (TPSA) is 71.7 Å². The van der Waals surface area contributed by atoms with Crippen LogP contribution >= 0.6 is 0 Å². The largest absolute Gasteiger partial charge is 0.507 e. The van der Waals surface area contributed by atoms with E-state index in [-0.39, 0.29) is 23.6 Å². The zero-order chi connectivity index (χ0) is 12.1. The molecule has 0 amide bonds. The minimum absolute atomic E-state index is 0.0466. The quantitative estimate of drug-likeness (QED) is 0.447. The first kappa shape index (κ1) is 12.1. The fourth-order valence-electron chi connectivity index (χ4n) is 1.11. The van der Waals surface area contributed by atoms with Gasteiger partial charge in [-0.1, -0.05) is 12.7 Å². The average Bonchev–Trinajstić information content (AvgIpc) is 2.16. The van der Waals surface area contributed by atoms with Crippen LogP contribution < -0.4 is 11.1 Å². The van der Waals surface area contributed by atoms with Crippen molar-refractivity contribution >= 4 is 5.70 Å². The van der Waals surface area contributed by atoms with Crippen molar-refractivity contribution in [1.29, 1.82) is 0 Å². The zero-order valence-electron chi connectivity index (χ0n) is 8.95. The SMILES string of the molecule is C=CCONC(=C)c1c(O)cc(C)oc1=O. The Morgan fingerprint density at radius 3 is 3.00 bits per heavy atom. The molecule has 0 aliphatic heterocycles. The van der Waals surface area contributed by atoms with Gasteiger partial charge < -0.3 is 9.52 Å². The third-order valence-electron chi connectivity index (χ3n) is 1.75. The molecule has 0 saturated carbocycles. The maximum absolute atomic E-state index is 11.4. The van der Waals surface area contributed by atoms with E-state index >= 15 is 0 Å². The van der Waals surface area contributed by atoms with Gasteiger partial charge in [0.1, 0.15) is 17.1 Å². The van der Waals surface area contributed by atoms with E-state index in [4.69, 9.17) is 9.25 Å². The van der Waals surface area contributed by atoms with Gasteiger partial charge in [0, 0.05) is 6.07 Å². The van der Waals surface area contributed by atoms with Crippen LogP contribution in [0.3, 0.4) is 0 Å². The van der Waals surface area contributed by atoms with Crippen LogP contribution in [-0.4, -0.2) is 11.7 Å². The molecule has 0 aliphatic rings. The van der Waals surface area contributed by atoms with Crippen LogP contribution in [0.1, 0.15) is 11.3 Å². The normalized spacial score (nSPS) is 9.81.